The third-order valence-corrected chi connectivity index (χ3v) is 6.38. The molecule has 0 bridgehead atoms. The Morgan fingerprint density at radius 3 is 2.67 bits per heavy atom. The summed E-state index contributed by atoms with van der Waals surface area (Å²) in [6.07, 6.45) is 0.843. The molecule has 0 saturated carbocycles. The van der Waals surface area contributed by atoms with Crippen LogP contribution in [0.3, 0.4) is 0 Å². The van der Waals surface area contributed by atoms with Crippen molar-refractivity contribution in [2.45, 2.75) is 23.3 Å². The number of sulfonamides is 1. The van der Waals surface area contributed by atoms with Gasteiger partial charge in [-0.25, -0.2) is 8.42 Å². The van der Waals surface area contributed by atoms with Crippen LogP contribution in [0.1, 0.15) is 12.8 Å². The molecule has 0 atom stereocenters. The first-order valence-electron chi connectivity index (χ1n) is 6.56. The molecule has 0 unspecified atom stereocenters. The molecule has 1 aromatic rings. The van der Waals surface area contributed by atoms with E-state index < -0.39 is 15.6 Å². The van der Waals surface area contributed by atoms with E-state index in [0.717, 1.165) is 4.31 Å². The van der Waals surface area contributed by atoms with Gasteiger partial charge in [0, 0.05) is 49.8 Å². The van der Waals surface area contributed by atoms with Crippen molar-refractivity contribution in [1.29, 1.82) is 0 Å². The van der Waals surface area contributed by atoms with Gasteiger partial charge in [0.05, 0.1) is 10.5 Å². The molecule has 1 saturated heterocycles. The molecule has 1 aliphatic heterocycles. The molecule has 1 heterocycles. The molecular formula is C13H19BrN2O4S. The van der Waals surface area contributed by atoms with Gasteiger partial charge < -0.3 is 15.6 Å². The Labute approximate surface area is 133 Å². The zero-order chi connectivity index (χ0) is 15.7. The summed E-state index contributed by atoms with van der Waals surface area (Å²) in [6, 6.07) is 4.62. The molecule has 0 aliphatic carbocycles. The van der Waals surface area contributed by atoms with Crippen LogP contribution in [0.15, 0.2) is 27.6 Å². The maximum atomic E-state index is 12.6. The Balaban J connectivity index is 2.24. The molecule has 1 fully saturated rings. The largest absolute Gasteiger partial charge is 0.399 e. The number of ether oxygens (including phenoxy) is 1. The maximum absolute atomic E-state index is 12.6. The zero-order valence-corrected chi connectivity index (χ0v) is 14.2. The maximum Gasteiger partial charge on any atom is 0.244 e. The standard InChI is InChI=1S/C13H19BrN2O4S/c1-16(9-13(17)4-6-20-7-5-13)21(18,19)12-8-10(15)2-3-11(12)14/h2-3,8,17H,4-7,9,15H2,1H3. The lowest BCUT2D eigenvalue weighted by Gasteiger charge is -2.35. The zero-order valence-electron chi connectivity index (χ0n) is 11.8. The average Bonchev–Trinajstić information content (AvgIpc) is 2.41. The van der Waals surface area contributed by atoms with Crippen LogP contribution >= 0.6 is 15.9 Å². The third kappa shape index (κ3) is 3.75. The van der Waals surface area contributed by atoms with Crippen molar-refractivity contribution >= 4 is 31.6 Å². The highest BCUT2D eigenvalue weighted by Gasteiger charge is 2.35. The van der Waals surface area contributed by atoms with Gasteiger partial charge in [0.25, 0.3) is 0 Å². The average molecular weight is 379 g/mol. The molecular weight excluding hydrogens is 360 g/mol. The normalized spacial score (nSPS) is 18.9. The first-order chi connectivity index (χ1) is 9.74. The predicted molar refractivity (Wildman–Crippen MR) is 83.4 cm³/mol. The Bertz CT molecular complexity index is 615. The number of aliphatic hydroxyl groups is 1. The van der Waals surface area contributed by atoms with E-state index in [0.29, 0.717) is 36.2 Å². The quantitative estimate of drug-likeness (QED) is 0.767. The van der Waals surface area contributed by atoms with E-state index in [1.807, 2.05) is 0 Å². The van der Waals surface area contributed by atoms with Gasteiger partial charge in [-0.2, -0.15) is 4.31 Å². The van der Waals surface area contributed by atoms with Crippen LogP contribution in [-0.4, -0.2) is 50.2 Å². The molecule has 118 valence electrons. The SMILES string of the molecule is CN(CC1(O)CCOCC1)S(=O)(=O)c1cc(N)ccc1Br. The number of hydrogen-bond acceptors (Lipinski definition) is 5. The molecule has 2 rings (SSSR count). The van der Waals surface area contributed by atoms with Crippen LogP contribution in [0.2, 0.25) is 0 Å². The molecule has 0 amide bonds. The van der Waals surface area contributed by atoms with Crippen molar-refractivity contribution in [2.24, 2.45) is 0 Å². The summed E-state index contributed by atoms with van der Waals surface area (Å²) in [5.74, 6) is 0. The lowest BCUT2D eigenvalue weighted by atomic mass is 9.95. The number of likely N-dealkylation sites (N-methyl/N-ethyl adjacent to an activating group) is 1. The highest BCUT2D eigenvalue weighted by Crippen LogP contribution is 2.29. The minimum absolute atomic E-state index is 0.0277. The van der Waals surface area contributed by atoms with Gasteiger partial charge >= 0.3 is 0 Å². The molecule has 1 aliphatic rings. The molecule has 3 N–H and O–H groups in total. The van der Waals surface area contributed by atoms with E-state index in [2.05, 4.69) is 15.9 Å². The van der Waals surface area contributed by atoms with Crippen molar-refractivity contribution in [3.8, 4) is 0 Å². The van der Waals surface area contributed by atoms with Crippen molar-refractivity contribution in [2.75, 3.05) is 32.5 Å². The Kier molecular flexibility index (Phi) is 4.94. The Morgan fingerprint density at radius 1 is 1.43 bits per heavy atom. The highest BCUT2D eigenvalue weighted by molar-refractivity contribution is 9.10. The van der Waals surface area contributed by atoms with Crippen LogP contribution in [0, 0.1) is 0 Å². The van der Waals surface area contributed by atoms with E-state index in [-0.39, 0.29) is 11.4 Å². The van der Waals surface area contributed by atoms with Crippen LogP contribution in [0.5, 0.6) is 0 Å². The first kappa shape index (κ1) is 16.7. The number of benzene rings is 1. The molecule has 0 aromatic heterocycles. The summed E-state index contributed by atoms with van der Waals surface area (Å²) in [7, 11) is -2.27. The number of rotatable bonds is 4. The van der Waals surface area contributed by atoms with E-state index in [1.54, 1.807) is 12.1 Å². The number of nitrogens with two attached hydrogens (primary N) is 1. The van der Waals surface area contributed by atoms with Gasteiger partial charge in [0.2, 0.25) is 10.0 Å². The molecule has 0 radical (unpaired) electrons. The number of hydrogen-bond donors (Lipinski definition) is 2. The number of nitrogen functional groups attached to an aromatic ring is 1. The number of halogens is 1. The summed E-state index contributed by atoms with van der Waals surface area (Å²) < 4.78 is 32.0. The minimum Gasteiger partial charge on any atom is -0.399 e. The van der Waals surface area contributed by atoms with Gasteiger partial charge in [-0.1, -0.05) is 0 Å². The van der Waals surface area contributed by atoms with Gasteiger partial charge in [0.15, 0.2) is 0 Å². The van der Waals surface area contributed by atoms with Crippen molar-refractivity contribution in [1.82, 2.24) is 4.31 Å². The van der Waals surface area contributed by atoms with E-state index >= 15 is 0 Å². The Hall–Kier alpha value is -0.670. The van der Waals surface area contributed by atoms with Crippen molar-refractivity contribution < 1.29 is 18.3 Å². The summed E-state index contributed by atoms with van der Waals surface area (Å²) in [5, 5.41) is 10.5. The summed E-state index contributed by atoms with van der Waals surface area (Å²) in [4.78, 5) is 0.0978. The smallest absolute Gasteiger partial charge is 0.244 e. The van der Waals surface area contributed by atoms with E-state index in [1.165, 1.54) is 13.1 Å². The van der Waals surface area contributed by atoms with Crippen LogP contribution in [0.25, 0.3) is 0 Å². The molecule has 21 heavy (non-hydrogen) atoms. The second-order valence-electron chi connectivity index (χ2n) is 5.29. The highest BCUT2D eigenvalue weighted by atomic mass is 79.9. The topological polar surface area (TPSA) is 92.9 Å². The first-order valence-corrected chi connectivity index (χ1v) is 8.79. The fourth-order valence-electron chi connectivity index (χ4n) is 2.29. The Morgan fingerprint density at radius 2 is 2.05 bits per heavy atom. The lowest BCUT2D eigenvalue weighted by Crippen LogP contribution is -2.47. The van der Waals surface area contributed by atoms with Gasteiger partial charge in [-0.15, -0.1) is 0 Å². The van der Waals surface area contributed by atoms with E-state index in [4.69, 9.17) is 10.5 Å². The molecule has 0 spiro atoms. The molecule has 8 heteroatoms. The number of anilines is 1. The van der Waals surface area contributed by atoms with Crippen LogP contribution in [0.4, 0.5) is 5.69 Å². The molecule has 6 nitrogen and oxygen atoms in total. The fraction of sp³-hybridized carbons (Fsp3) is 0.538. The fourth-order valence-corrected chi connectivity index (χ4v) is 4.50. The number of nitrogens with zero attached hydrogens (tertiary/aromatic N) is 1. The van der Waals surface area contributed by atoms with Gasteiger partial charge in [-0.3, -0.25) is 0 Å². The third-order valence-electron chi connectivity index (χ3n) is 3.58. The van der Waals surface area contributed by atoms with Gasteiger partial charge in [0.1, 0.15) is 0 Å². The van der Waals surface area contributed by atoms with Crippen LogP contribution < -0.4 is 5.73 Å². The van der Waals surface area contributed by atoms with Gasteiger partial charge in [-0.05, 0) is 34.1 Å². The van der Waals surface area contributed by atoms with Crippen molar-refractivity contribution in [3.05, 3.63) is 22.7 Å². The summed E-state index contributed by atoms with van der Waals surface area (Å²) in [5.41, 5.74) is 4.99. The minimum atomic E-state index is -3.72. The molecule has 1 aromatic carbocycles. The van der Waals surface area contributed by atoms with E-state index in [9.17, 15) is 13.5 Å². The summed E-state index contributed by atoms with van der Waals surface area (Å²) in [6.45, 7) is 0.901. The lowest BCUT2D eigenvalue weighted by molar-refractivity contribution is -0.0689. The predicted octanol–water partition coefficient (Wildman–Crippen LogP) is 1.19. The van der Waals surface area contributed by atoms with Crippen molar-refractivity contribution in [3.63, 3.8) is 0 Å². The van der Waals surface area contributed by atoms with Crippen LogP contribution in [-0.2, 0) is 14.8 Å². The monoisotopic (exact) mass is 378 g/mol. The summed E-state index contributed by atoms with van der Waals surface area (Å²) >= 11 is 3.23. The second kappa shape index (κ2) is 6.21. The second-order valence-corrected chi connectivity index (χ2v) is 8.16.